The number of ether oxygens (including phenoxy) is 2. The van der Waals surface area contributed by atoms with Gasteiger partial charge in [-0.05, 0) is 24.3 Å². The van der Waals surface area contributed by atoms with Crippen LogP contribution in [0.15, 0.2) is 42.7 Å². The highest BCUT2D eigenvalue weighted by atomic mass is 16.5. The number of fused-ring (bicyclic) bond motifs is 1. The third kappa shape index (κ3) is 2.27. The Morgan fingerprint density at radius 1 is 0.905 bits per heavy atom. The highest BCUT2D eigenvalue weighted by Gasteiger charge is 2.12. The summed E-state index contributed by atoms with van der Waals surface area (Å²) < 4.78 is 10.9. The molecule has 0 atom stereocenters. The van der Waals surface area contributed by atoms with E-state index in [1.54, 1.807) is 12.1 Å². The number of rotatable bonds is 3. The number of methoxy groups -OCH3 is 1. The van der Waals surface area contributed by atoms with Gasteiger partial charge in [0.25, 0.3) is 0 Å². The van der Waals surface area contributed by atoms with E-state index in [0.717, 1.165) is 10.9 Å². The highest BCUT2D eigenvalue weighted by Crippen LogP contribution is 2.38. The molecule has 0 bridgehead atoms. The molecule has 4 N–H and O–H groups in total. The zero-order chi connectivity index (χ0) is 14.8. The summed E-state index contributed by atoms with van der Waals surface area (Å²) in [5, 5.41) is 0.800. The third-order valence-electron chi connectivity index (χ3n) is 3.14. The van der Waals surface area contributed by atoms with Crippen molar-refractivity contribution in [3.8, 4) is 17.4 Å². The quantitative estimate of drug-likeness (QED) is 0.717. The standard InChI is InChI=1S/C15H14N4O2/c1-20-11-6-7-12(14(17)13(11)16)21-15-9-4-2-3-5-10(9)18-8-19-15/h2-8H,16-17H2,1H3. The summed E-state index contributed by atoms with van der Waals surface area (Å²) in [4.78, 5) is 8.34. The summed E-state index contributed by atoms with van der Waals surface area (Å²) in [6.45, 7) is 0. The number of benzene rings is 2. The molecule has 0 amide bonds. The normalized spacial score (nSPS) is 10.5. The molecule has 3 rings (SSSR count). The van der Waals surface area contributed by atoms with Gasteiger partial charge in [-0.3, -0.25) is 0 Å². The van der Waals surface area contributed by atoms with Gasteiger partial charge in [-0.2, -0.15) is 0 Å². The minimum atomic E-state index is 0.317. The second-order valence-electron chi connectivity index (χ2n) is 4.39. The van der Waals surface area contributed by atoms with Crippen molar-refractivity contribution in [1.82, 2.24) is 9.97 Å². The zero-order valence-electron chi connectivity index (χ0n) is 11.4. The molecule has 0 saturated heterocycles. The van der Waals surface area contributed by atoms with E-state index in [1.807, 2.05) is 24.3 Å². The average Bonchev–Trinajstić information content (AvgIpc) is 2.52. The monoisotopic (exact) mass is 282 g/mol. The summed E-state index contributed by atoms with van der Waals surface area (Å²) in [6, 6.07) is 11.0. The Morgan fingerprint density at radius 2 is 1.62 bits per heavy atom. The molecule has 21 heavy (non-hydrogen) atoms. The molecular formula is C15H14N4O2. The molecule has 0 radical (unpaired) electrons. The topological polar surface area (TPSA) is 96.3 Å². The van der Waals surface area contributed by atoms with Gasteiger partial charge in [-0.25, -0.2) is 9.97 Å². The summed E-state index contributed by atoms with van der Waals surface area (Å²) in [5.74, 6) is 1.36. The Balaban J connectivity index is 2.05. The third-order valence-corrected chi connectivity index (χ3v) is 3.14. The summed E-state index contributed by atoms with van der Waals surface area (Å²) in [7, 11) is 1.53. The van der Waals surface area contributed by atoms with Gasteiger partial charge >= 0.3 is 0 Å². The van der Waals surface area contributed by atoms with Crippen molar-refractivity contribution in [3.63, 3.8) is 0 Å². The van der Waals surface area contributed by atoms with Crippen molar-refractivity contribution < 1.29 is 9.47 Å². The smallest absolute Gasteiger partial charge is 0.230 e. The van der Waals surface area contributed by atoms with Gasteiger partial charge in [0, 0.05) is 0 Å². The molecule has 6 heteroatoms. The van der Waals surface area contributed by atoms with Crippen molar-refractivity contribution in [1.29, 1.82) is 0 Å². The Morgan fingerprint density at radius 3 is 2.43 bits per heavy atom. The van der Waals surface area contributed by atoms with Gasteiger partial charge in [0.15, 0.2) is 5.75 Å². The zero-order valence-corrected chi connectivity index (χ0v) is 11.4. The number of para-hydroxylation sites is 1. The van der Waals surface area contributed by atoms with Gasteiger partial charge in [0.05, 0.1) is 18.0 Å². The molecule has 0 aliphatic carbocycles. The summed E-state index contributed by atoms with van der Waals surface area (Å²) in [5.41, 5.74) is 13.3. The van der Waals surface area contributed by atoms with Gasteiger partial charge in [0.1, 0.15) is 23.5 Å². The molecule has 0 fully saturated rings. The molecule has 2 aromatic carbocycles. The maximum absolute atomic E-state index is 5.98. The van der Waals surface area contributed by atoms with E-state index in [9.17, 15) is 0 Å². The van der Waals surface area contributed by atoms with E-state index < -0.39 is 0 Å². The fourth-order valence-electron chi connectivity index (χ4n) is 2.03. The lowest BCUT2D eigenvalue weighted by Gasteiger charge is -2.13. The van der Waals surface area contributed by atoms with Crippen molar-refractivity contribution in [2.45, 2.75) is 0 Å². The number of nitrogen functional groups attached to an aromatic ring is 2. The van der Waals surface area contributed by atoms with E-state index in [-0.39, 0.29) is 0 Å². The van der Waals surface area contributed by atoms with Crippen LogP contribution in [0.3, 0.4) is 0 Å². The van der Waals surface area contributed by atoms with Crippen LogP contribution in [0.2, 0.25) is 0 Å². The van der Waals surface area contributed by atoms with E-state index in [0.29, 0.717) is 28.8 Å². The Bertz CT molecular complexity index is 800. The Labute approximate surface area is 121 Å². The van der Waals surface area contributed by atoms with Crippen LogP contribution in [-0.4, -0.2) is 17.1 Å². The van der Waals surface area contributed by atoms with Crippen LogP contribution >= 0.6 is 0 Å². The van der Waals surface area contributed by atoms with Crippen LogP contribution in [0, 0.1) is 0 Å². The van der Waals surface area contributed by atoms with Crippen LogP contribution in [0.1, 0.15) is 0 Å². The lowest BCUT2D eigenvalue weighted by atomic mass is 10.2. The van der Waals surface area contributed by atoms with Gasteiger partial charge < -0.3 is 20.9 Å². The number of nitrogens with zero attached hydrogens (tertiary/aromatic N) is 2. The lowest BCUT2D eigenvalue weighted by molar-refractivity contribution is 0.415. The van der Waals surface area contributed by atoms with Gasteiger partial charge in [-0.1, -0.05) is 12.1 Å². The van der Waals surface area contributed by atoms with E-state index in [1.165, 1.54) is 13.4 Å². The van der Waals surface area contributed by atoms with Crippen molar-refractivity contribution in [2.75, 3.05) is 18.6 Å². The van der Waals surface area contributed by atoms with E-state index in [4.69, 9.17) is 20.9 Å². The number of hydrogen-bond acceptors (Lipinski definition) is 6. The average molecular weight is 282 g/mol. The number of anilines is 2. The number of hydrogen-bond donors (Lipinski definition) is 2. The van der Waals surface area contributed by atoms with E-state index in [2.05, 4.69) is 9.97 Å². The fraction of sp³-hybridized carbons (Fsp3) is 0.0667. The second kappa shape index (κ2) is 5.16. The van der Waals surface area contributed by atoms with Crippen LogP contribution < -0.4 is 20.9 Å². The van der Waals surface area contributed by atoms with Crippen molar-refractivity contribution >= 4 is 22.3 Å². The van der Waals surface area contributed by atoms with Crippen LogP contribution in [0.5, 0.6) is 17.4 Å². The first-order chi connectivity index (χ1) is 10.2. The molecule has 106 valence electrons. The molecule has 1 heterocycles. The Kier molecular flexibility index (Phi) is 3.19. The highest BCUT2D eigenvalue weighted by molar-refractivity contribution is 5.84. The lowest BCUT2D eigenvalue weighted by Crippen LogP contribution is -2.01. The second-order valence-corrected chi connectivity index (χ2v) is 4.39. The molecule has 0 unspecified atom stereocenters. The SMILES string of the molecule is COc1ccc(Oc2ncnc3ccccc23)c(N)c1N. The largest absolute Gasteiger partial charge is 0.495 e. The molecule has 0 spiro atoms. The number of nitrogens with two attached hydrogens (primary N) is 2. The first-order valence-corrected chi connectivity index (χ1v) is 6.30. The molecule has 0 aliphatic heterocycles. The molecule has 0 aliphatic rings. The maximum Gasteiger partial charge on any atom is 0.230 e. The van der Waals surface area contributed by atoms with Gasteiger partial charge in [0.2, 0.25) is 5.88 Å². The molecule has 6 nitrogen and oxygen atoms in total. The van der Waals surface area contributed by atoms with Crippen molar-refractivity contribution in [2.24, 2.45) is 0 Å². The van der Waals surface area contributed by atoms with Crippen LogP contribution in [0.25, 0.3) is 10.9 Å². The summed E-state index contributed by atoms with van der Waals surface area (Å²) >= 11 is 0. The fourth-order valence-corrected chi connectivity index (χ4v) is 2.03. The number of aromatic nitrogens is 2. The van der Waals surface area contributed by atoms with Crippen LogP contribution in [0.4, 0.5) is 11.4 Å². The maximum atomic E-state index is 5.98. The summed E-state index contributed by atoms with van der Waals surface area (Å²) in [6.07, 6.45) is 1.45. The molecule has 1 aromatic heterocycles. The van der Waals surface area contributed by atoms with Crippen LogP contribution in [-0.2, 0) is 0 Å². The minimum Gasteiger partial charge on any atom is -0.495 e. The molecular weight excluding hydrogens is 268 g/mol. The van der Waals surface area contributed by atoms with Gasteiger partial charge in [-0.15, -0.1) is 0 Å². The van der Waals surface area contributed by atoms with Crippen molar-refractivity contribution in [3.05, 3.63) is 42.7 Å². The predicted octanol–water partition coefficient (Wildman–Crippen LogP) is 2.60. The first kappa shape index (κ1) is 13.0. The predicted molar refractivity (Wildman–Crippen MR) is 81.4 cm³/mol. The Hall–Kier alpha value is -3.02. The first-order valence-electron chi connectivity index (χ1n) is 6.30. The molecule has 0 saturated carbocycles. The van der Waals surface area contributed by atoms with E-state index >= 15 is 0 Å². The molecule has 3 aromatic rings. The minimum absolute atomic E-state index is 0.317.